The molecule has 1 aromatic carbocycles. The molecule has 0 radical (unpaired) electrons. The van der Waals surface area contributed by atoms with Crippen LogP contribution in [0.5, 0.6) is 0 Å². The lowest BCUT2D eigenvalue weighted by molar-refractivity contribution is -0.136. The van der Waals surface area contributed by atoms with Gasteiger partial charge in [0.15, 0.2) is 0 Å². The average Bonchev–Trinajstić information content (AvgIpc) is 2.56. The summed E-state index contributed by atoms with van der Waals surface area (Å²) in [5, 5.41) is 0.681. The molecule has 0 aromatic heterocycles. The van der Waals surface area contributed by atoms with E-state index in [4.69, 9.17) is 16.3 Å². The van der Waals surface area contributed by atoms with E-state index in [1.54, 1.807) is 23.8 Å². The van der Waals surface area contributed by atoms with E-state index in [2.05, 4.69) is 0 Å². The van der Waals surface area contributed by atoms with Gasteiger partial charge in [0, 0.05) is 31.7 Å². The van der Waals surface area contributed by atoms with Crippen molar-refractivity contribution in [2.45, 2.75) is 26.3 Å². The van der Waals surface area contributed by atoms with Gasteiger partial charge in [-0.25, -0.2) is 4.79 Å². The van der Waals surface area contributed by atoms with Gasteiger partial charge >= 0.3 is 6.09 Å². The molecule has 1 aromatic rings. The van der Waals surface area contributed by atoms with Crippen LogP contribution < -0.4 is 0 Å². The van der Waals surface area contributed by atoms with Crippen LogP contribution in [0.4, 0.5) is 4.79 Å². The van der Waals surface area contributed by atoms with Gasteiger partial charge < -0.3 is 14.5 Å². The Hall–Kier alpha value is -1.75. The molecule has 1 fully saturated rings. The number of piperidine rings is 1. The van der Waals surface area contributed by atoms with Crippen LogP contribution in [-0.2, 0) is 16.1 Å². The Kier molecular flexibility index (Phi) is 6.28. The highest BCUT2D eigenvalue weighted by atomic mass is 35.5. The number of amides is 2. The van der Waals surface area contributed by atoms with E-state index >= 15 is 0 Å². The van der Waals surface area contributed by atoms with Crippen LogP contribution in [0.2, 0.25) is 5.02 Å². The maximum absolute atomic E-state index is 12.6. The fourth-order valence-corrected chi connectivity index (χ4v) is 2.94. The van der Waals surface area contributed by atoms with Crippen molar-refractivity contribution in [2.75, 3.05) is 26.7 Å². The smallest absolute Gasteiger partial charge is 0.409 e. The van der Waals surface area contributed by atoms with E-state index < -0.39 is 0 Å². The van der Waals surface area contributed by atoms with Crippen LogP contribution in [-0.4, -0.2) is 48.5 Å². The van der Waals surface area contributed by atoms with Gasteiger partial charge in [-0.2, -0.15) is 0 Å². The van der Waals surface area contributed by atoms with Gasteiger partial charge in [0.05, 0.1) is 12.5 Å². The molecule has 2 rings (SSSR count). The molecule has 0 aliphatic carbocycles. The number of carbonyl (C=O) groups is 2. The topological polar surface area (TPSA) is 49.9 Å². The van der Waals surface area contributed by atoms with Crippen LogP contribution in [0.3, 0.4) is 0 Å². The van der Waals surface area contributed by atoms with Crippen molar-refractivity contribution in [3.05, 3.63) is 34.9 Å². The first-order chi connectivity index (χ1) is 11.0. The highest BCUT2D eigenvalue weighted by Crippen LogP contribution is 2.20. The summed E-state index contributed by atoms with van der Waals surface area (Å²) in [5.74, 6) is -0.0978. The van der Waals surface area contributed by atoms with E-state index in [0.29, 0.717) is 31.3 Å². The zero-order valence-electron chi connectivity index (χ0n) is 13.6. The second kappa shape index (κ2) is 8.20. The molecule has 5 nitrogen and oxygen atoms in total. The van der Waals surface area contributed by atoms with Gasteiger partial charge in [-0.05, 0) is 37.5 Å². The monoisotopic (exact) mass is 338 g/mol. The zero-order chi connectivity index (χ0) is 16.8. The first-order valence-electron chi connectivity index (χ1n) is 7.92. The summed E-state index contributed by atoms with van der Waals surface area (Å²) in [6.45, 7) is 3.76. The maximum Gasteiger partial charge on any atom is 0.409 e. The second-order valence-electron chi connectivity index (χ2n) is 5.80. The van der Waals surface area contributed by atoms with Crippen LogP contribution >= 0.6 is 11.6 Å². The van der Waals surface area contributed by atoms with Gasteiger partial charge in [-0.1, -0.05) is 23.7 Å². The van der Waals surface area contributed by atoms with Crippen molar-refractivity contribution < 1.29 is 14.3 Å². The van der Waals surface area contributed by atoms with Gasteiger partial charge in [0.1, 0.15) is 0 Å². The standard InChI is InChI=1S/C17H23ClN2O3/c1-3-23-17(22)20-10-4-5-14(12-20)16(21)19(2)11-13-6-8-15(18)9-7-13/h6-9,14H,3-5,10-12H2,1-2H3. The van der Waals surface area contributed by atoms with Crippen LogP contribution in [0.1, 0.15) is 25.3 Å². The van der Waals surface area contributed by atoms with Crippen LogP contribution in [0.25, 0.3) is 0 Å². The molecule has 1 aliphatic heterocycles. The first-order valence-corrected chi connectivity index (χ1v) is 8.30. The molecule has 6 heteroatoms. The van der Waals surface area contributed by atoms with Crippen molar-refractivity contribution in [3.8, 4) is 0 Å². The number of likely N-dealkylation sites (tertiary alicyclic amines) is 1. The fourth-order valence-electron chi connectivity index (χ4n) is 2.81. The largest absolute Gasteiger partial charge is 0.450 e. The zero-order valence-corrected chi connectivity index (χ0v) is 14.4. The predicted octanol–water partition coefficient (Wildman–Crippen LogP) is 3.17. The molecule has 1 unspecified atom stereocenters. The summed E-state index contributed by atoms with van der Waals surface area (Å²) in [6, 6.07) is 7.46. The molecule has 126 valence electrons. The number of benzene rings is 1. The number of nitrogens with zero attached hydrogens (tertiary/aromatic N) is 2. The van der Waals surface area contributed by atoms with E-state index in [-0.39, 0.29) is 17.9 Å². The van der Waals surface area contributed by atoms with Gasteiger partial charge in [-0.15, -0.1) is 0 Å². The second-order valence-corrected chi connectivity index (χ2v) is 6.24. The minimum atomic E-state index is -0.328. The molecule has 1 aliphatic rings. The van der Waals surface area contributed by atoms with Crippen molar-refractivity contribution in [2.24, 2.45) is 5.92 Å². The predicted molar refractivity (Wildman–Crippen MR) is 89.2 cm³/mol. The number of ether oxygens (including phenoxy) is 1. The lowest BCUT2D eigenvalue weighted by Crippen LogP contribution is -2.45. The summed E-state index contributed by atoms with van der Waals surface area (Å²) >= 11 is 5.87. The Bertz CT molecular complexity index is 547. The Morgan fingerprint density at radius 2 is 2.04 bits per heavy atom. The molecule has 0 spiro atoms. The number of hydrogen-bond acceptors (Lipinski definition) is 3. The minimum absolute atomic E-state index is 0.0638. The molecule has 0 saturated carbocycles. The fraction of sp³-hybridized carbons (Fsp3) is 0.529. The van der Waals surface area contributed by atoms with Crippen molar-refractivity contribution in [3.63, 3.8) is 0 Å². The molecular weight excluding hydrogens is 316 g/mol. The summed E-state index contributed by atoms with van der Waals surface area (Å²) in [7, 11) is 1.79. The van der Waals surface area contributed by atoms with E-state index in [1.807, 2.05) is 24.3 Å². The lowest BCUT2D eigenvalue weighted by Gasteiger charge is -2.33. The van der Waals surface area contributed by atoms with E-state index in [0.717, 1.165) is 18.4 Å². The molecular formula is C17H23ClN2O3. The highest BCUT2D eigenvalue weighted by Gasteiger charge is 2.30. The maximum atomic E-state index is 12.6. The minimum Gasteiger partial charge on any atom is -0.450 e. The van der Waals surface area contributed by atoms with Crippen LogP contribution in [0.15, 0.2) is 24.3 Å². The number of rotatable bonds is 4. The third-order valence-electron chi connectivity index (χ3n) is 4.01. The molecule has 2 amide bonds. The number of halogens is 1. The lowest BCUT2D eigenvalue weighted by atomic mass is 9.96. The molecule has 0 N–H and O–H groups in total. The third kappa shape index (κ3) is 4.86. The number of carbonyl (C=O) groups excluding carboxylic acids is 2. The van der Waals surface area contributed by atoms with Crippen molar-refractivity contribution >= 4 is 23.6 Å². The van der Waals surface area contributed by atoms with E-state index in [9.17, 15) is 9.59 Å². The Morgan fingerprint density at radius 1 is 1.35 bits per heavy atom. The van der Waals surface area contributed by atoms with Gasteiger partial charge in [0.2, 0.25) is 5.91 Å². The molecule has 1 saturated heterocycles. The molecule has 23 heavy (non-hydrogen) atoms. The Morgan fingerprint density at radius 3 is 2.70 bits per heavy atom. The first kappa shape index (κ1) is 17.6. The average molecular weight is 339 g/mol. The highest BCUT2D eigenvalue weighted by molar-refractivity contribution is 6.30. The van der Waals surface area contributed by atoms with E-state index in [1.165, 1.54) is 0 Å². The summed E-state index contributed by atoms with van der Waals surface area (Å²) in [6.07, 6.45) is 1.30. The van der Waals surface area contributed by atoms with Crippen molar-refractivity contribution in [1.82, 2.24) is 9.80 Å². The summed E-state index contributed by atoms with van der Waals surface area (Å²) < 4.78 is 5.03. The summed E-state index contributed by atoms with van der Waals surface area (Å²) in [4.78, 5) is 27.8. The third-order valence-corrected chi connectivity index (χ3v) is 4.26. The van der Waals surface area contributed by atoms with Crippen molar-refractivity contribution in [1.29, 1.82) is 0 Å². The van der Waals surface area contributed by atoms with Gasteiger partial charge in [-0.3, -0.25) is 4.79 Å². The molecule has 0 bridgehead atoms. The van der Waals surface area contributed by atoms with Crippen LogP contribution in [0, 0.1) is 5.92 Å². The quantitative estimate of drug-likeness (QED) is 0.847. The number of hydrogen-bond donors (Lipinski definition) is 0. The SMILES string of the molecule is CCOC(=O)N1CCCC(C(=O)N(C)Cc2ccc(Cl)cc2)C1. The molecule has 1 atom stereocenters. The molecule has 1 heterocycles. The normalized spacial score (nSPS) is 17.7. The summed E-state index contributed by atoms with van der Waals surface area (Å²) in [5.41, 5.74) is 1.03. The Balaban J connectivity index is 1.93. The van der Waals surface area contributed by atoms with Gasteiger partial charge in [0.25, 0.3) is 0 Å². The Labute approximate surface area is 142 Å².